The second-order valence-electron chi connectivity index (χ2n) is 3.51. The molecular weight excluding hydrogens is 246 g/mol. The van der Waals surface area contributed by atoms with Gasteiger partial charge in [0.05, 0.1) is 24.2 Å². The van der Waals surface area contributed by atoms with Crippen molar-refractivity contribution in [3.63, 3.8) is 0 Å². The number of aromatic hydroxyl groups is 1. The zero-order chi connectivity index (χ0) is 12.4. The number of halogens is 1. The van der Waals surface area contributed by atoms with Crippen LogP contribution in [-0.2, 0) is 16.0 Å². The largest absolute Gasteiger partial charge is 0.506 e. The monoisotopic (exact) mass is 255 g/mol. The zero-order valence-electron chi connectivity index (χ0n) is 9.07. The summed E-state index contributed by atoms with van der Waals surface area (Å²) in [5.74, 6) is -0.374. The molecule has 0 aliphatic rings. The first-order valence-electron chi connectivity index (χ1n) is 4.95. The Hall–Kier alpha value is -1.75. The van der Waals surface area contributed by atoms with E-state index < -0.39 is 0 Å². The van der Waals surface area contributed by atoms with Crippen LogP contribution in [-0.4, -0.2) is 23.3 Å². The van der Waals surface area contributed by atoms with Crippen LogP contribution in [0.15, 0.2) is 16.7 Å². The van der Waals surface area contributed by atoms with Gasteiger partial charge in [-0.15, -0.1) is 0 Å². The first-order valence-corrected chi connectivity index (χ1v) is 5.33. The van der Waals surface area contributed by atoms with Crippen molar-refractivity contribution >= 4 is 28.5 Å². The quantitative estimate of drug-likeness (QED) is 0.852. The molecule has 0 radical (unpaired) electrons. The Morgan fingerprint density at radius 1 is 1.59 bits per heavy atom. The topological polar surface area (TPSA) is 72.6 Å². The van der Waals surface area contributed by atoms with E-state index in [1.165, 1.54) is 13.2 Å². The van der Waals surface area contributed by atoms with Crippen molar-refractivity contribution in [3.05, 3.63) is 22.8 Å². The van der Waals surface area contributed by atoms with E-state index in [0.29, 0.717) is 23.1 Å². The lowest BCUT2D eigenvalue weighted by atomic mass is 10.1. The summed E-state index contributed by atoms with van der Waals surface area (Å²) in [4.78, 5) is 11.0. The Labute approximate surface area is 102 Å². The molecule has 1 N–H and O–H groups in total. The van der Waals surface area contributed by atoms with E-state index in [0.717, 1.165) is 0 Å². The molecule has 2 aromatic rings. The number of esters is 1. The first kappa shape index (κ1) is 11.7. The summed E-state index contributed by atoms with van der Waals surface area (Å²) in [6.07, 6.45) is 0.622. The van der Waals surface area contributed by atoms with Crippen LogP contribution in [0.3, 0.4) is 0 Å². The Kier molecular flexibility index (Phi) is 3.19. The summed E-state index contributed by atoms with van der Waals surface area (Å²) in [5.41, 5.74) is 1.05. The SMILES string of the molecule is COC(=O)CCc1noc2cc(O)c(Cl)cc12. The lowest BCUT2D eigenvalue weighted by molar-refractivity contribution is -0.140. The van der Waals surface area contributed by atoms with Crippen LogP contribution in [0.1, 0.15) is 12.1 Å². The number of fused-ring (bicyclic) bond motifs is 1. The molecule has 1 heterocycles. The van der Waals surface area contributed by atoms with Gasteiger partial charge in [-0.1, -0.05) is 16.8 Å². The van der Waals surface area contributed by atoms with Crippen molar-refractivity contribution < 1.29 is 19.2 Å². The lowest BCUT2D eigenvalue weighted by Crippen LogP contribution is -2.02. The Bertz CT molecular complexity index is 564. The number of carbonyl (C=O) groups excluding carboxylic acids is 1. The predicted octanol–water partition coefficient (Wildman–Crippen LogP) is 2.29. The molecule has 1 aromatic heterocycles. The Balaban J connectivity index is 2.29. The molecule has 2 rings (SSSR count). The normalized spacial score (nSPS) is 10.7. The number of nitrogens with zero attached hydrogens (tertiary/aromatic N) is 1. The van der Waals surface area contributed by atoms with Gasteiger partial charge < -0.3 is 14.4 Å². The fourth-order valence-electron chi connectivity index (χ4n) is 1.50. The van der Waals surface area contributed by atoms with Crippen LogP contribution in [0, 0.1) is 0 Å². The van der Waals surface area contributed by atoms with Crippen molar-refractivity contribution in [3.8, 4) is 5.75 Å². The molecule has 0 aliphatic carbocycles. The van der Waals surface area contributed by atoms with E-state index in [9.17, 15) is 9.90 Å². The van der Waals surface area contributed by atoms with Gasteiger partial charge in [0.15, 0.2) is 5.58 Å². The van der Waals surface area contributed by atoms with E-state index in [1.807, 2.05) is 0 Å². The molecule has 0 aliphatic heterocycles. The van der Waals surface area contributed by atoms with Crippen molar-refractivity contribution in [1.29, 1.82) is 0 Å². The Morgan fingerprint density at radius 3 is 3.06 bits per heavy atom. The van der Waals surface area contributed by atoms with Gasteiger partial charge in [0, 0.05) is 17.9 Å². The molecule has 0 fully saturated rings. The second-order valence-corrected chi connectivity index (χ2v) is 3.91. The minimum Gasteiger partial charge on any atom is -0.506 e. The number of aryl methyl sites for hydroxylation is 1. The van der Waals surface area contributed by atoms with Gasteiger partial charge in [0.25, 0.3) is 0 Å². The van der Waals surface area contributed by atoms with E-state index in [2.05, 4.69) is 9.89 Å². The number of benzene rings is 1. The van der Waals surface area contributed by atoms with Gasteiger partial charge in [-0.05, 0) is 6.07 Å². The molecule has 1 aromatic carbocycles. The van der Waals surface area contributed by atoms with Crippen LogP contribution in [0.25, 0.3) is 11.0 Å². The third kappa shape index (κ3) is 2.34. The van der Waals surface area contributed by atoms with Gasteiger partial charge in [-0.25, -0.2) is 0 Å². The molecule has 0 unspecified atom stereocenters. The summed E-state index contributed by atoms with van der Waals surface area (Å²) in [6, 6.07) is 2.96. The van der Waals surface area contributed by atoms with Gasteiger partial charge in [0.2, 0.25) is 0 Å². The predicted molar refractivity (Wildman–Crippen MR) is 61.0 cm³/mol. The fraction of sp³-hybridized carbons (Fsp3) is 0.273. The van der Waals surface area contributed by atoms with Gasteiger partial charge in [-0.2, -0.15) is 0 Å². The Morgan fingerprint density at radius 2 is 2.35 bits per heavy atom. The minimum absolute atomic E-state index is 0.0603. The molecule has 0 spiro atoms. The van der Waals surface area contributed by atoms with E-state index >= 15 is 0 Å². The molecule has 5 nitrogen and oxygen atoms in total. The standard InChI is InChI=1S/C11H10ClNO4/c1-16-11(15)3-2-8-6-4-7(12)9(14)5-10(6)17-13-8/h4-5,14H,2-3H2,1H3. The lowest BCUT2D eigenvalue weighted by Gasteiger charge is -1.98. The number of hydrogen-bond donors (Lipinski definition) is 1. The van der Waals surface area contributed by atoms with Gasteiger partial charge >= 0.3 is 5.97 Å². The second kappa shape index (κ2) is 4.63. The number of aromatic nitrogens is 1. The van der Waals surface area contributed by atoms with Gasteiger partial charge in [0.1, 0.15) is 5.75 Å². The smallest absolute Gasteiger partial charge is 0.305 e. The van der Waals surface area contributed by atoms with Crippen molar-refractivity contribution in [2.75, 3.05) is 7.11 Å². The van der Waals surface area contributed by atoms with Crippen molar-refractivity contribution in [1.82, 2.24) is 5.16 Å². The fourth-order valence-corrected chi connectivity index (χ4v) is 1.66. The average Bonchev–Trinajstić information content (AvgIpc) is 2.69. The maximum absolute atomic E-state index is 11.0. The molecule has 0 bridgehead atoms. The van der Waals surface area contributed by atoms with Crippen LogP contribution in [0.5, 0.6) is 5.75 Å². The maximum Gasteiger partial charge on any atom is 0.305 e. The highest BCUT2D eigenvalue weighted by molar-refractivity contribution is 6.32. The van der Waals surface area contributed by atoms with Crippen LogP contribution in [0.4, 0.5) is 0 Å². The average molecular weight is 256 g/mol. The van der Waals surface area contributed by atoms with Crippen LogP contribution in [0.2, 0.25) is 5.02 Å². The highest BCUT2D eigenvalue weighted by Gasteiger charge is 2.13. The van der Waals surface area contributed by atoms with Crippen LogP contribution >= 0.6 is 11.6 Å². The summed E-state index contributed by atoms with van der Waals surface area (Å²) in [7, 11) is 1.33. The molecule has 0 atom stereocenters. The first-order chi connectivity index (χ1) is 8.11. The molecular formula is C11H10ClNO4. The van der Waals surface area contributed by atoms with Crippen molar-refractivity contribution in [2.45, 2.75) is 12.8 Å². The van der Waals surface area contributed by atoms with E-state index in [4.69, 9.17) is 16.1 Å². The van der Waals surface area contributed by atoms with Crippen LogP contribution < -0.4 is 0 Å². The molecule has 17 heavy (non-hydrogen) atoms. The number of phenols is 1. The van der Waals surface area contributed by atoms with E-state index in [-0.39, 0.29) is 23.2 Å². The molecule has 0 amide bonds. The molecule has 90 valence electrons. The number of rotatable bonds is 3. The summed E-state index contributed by atoms with van der Waals surface area (Å²) >= 11 is 5.80. The molecule has 0 saturated heterocycles. The zero-order valence-corrected chi connectivity index (χ0v) is 9.82. The summed E-state index contributed by atoms with van der Waals surface area (Å²) < 4.78 is 9.57. The maximum atomic E-state index is 11.0. The van der Waals surface area contributed by atoms with Gasteiger partial charge in [-0.3, -0.25) is 4.79 Å². The third-order valence-electron chi connectivity index (χ3n) is 2.41. The van der Waals surface area contributed by atoms with Crippen molar-refractivity contribution in [2.24, 2.45) is 0 Å². The summed E-state index contributed by atoms with van der Waals surface area (Å²) in [5, 5.41) is 14.1. The highest BCUT2D eigenvalue weighted by atomic mass is 35.5. The number of carbonyl (C=O) groups is 1. The highest BCUT2D eigenvalue weighted by Crippen LogP contribution is 2.31. The minimum atomic E-state index is -0.314. The third-order valence-corrected chi connectivity index (χ3v) is 2.71. The molecule has 6 heteroatoms. The summed E-state index contributed by atoms with van der Waals surface area (Å²) in [6.45, 7) is 0. The number of phenolic OH excluding ortho intramolecular Hbond substituents is 1. The number of methoxy groups -OCH3 is 1. The van der Waals surface area contributed by atoms with E-state index in [1.54, 1.807) is 6.07 Å². The molecule has 0 saturated carbocycles. The number of ether oxygens (including phenoxy) is 1. The number of hydrogen-bond acceptors (Lipinski definition) is 5.